The van der Waals surface area contributed by atoms with Gasteiger partial charge in [-0.05, 0) is 18.9 Å². The molecule has 1 unspecified atom stereocenters. The third-order valence-electron chi connectivity index (χ3n) is 3.43. The number of aliphatic hydroxyl groups excluding tert-OH is 1. The second-order valence-corrected chi connectivity index (χ2v) is 4.65. The number of aromatic nitrogens is 2. The first-order valence-electron chi connectivity index (χ1n) is 6.24. The molecule has 0 aliphatic carbocycles. The van der Waals surface area contributed by atoms with Crippen LogP contribution in [0.4, 0.5) is 5.82 Å². The summed E-state index contributed by atoms with van der Waals surface area (Å²) in [5.41, 5.74) is 4.24. The second-order valence-electron chi connectivity index (χ2n) is 4.65. The van der Waals surface area contributed by atoms with Gasteiger partial charge in [-0.1, -0.05) is 0 Å². The van der Waals surface area contributed by atoms with Crippen LogP contribution < -0.4 is 11.4 Å². The van der Waals surface area contributed by atoms with E-state index in [1.807, 2.05) is 0 Å². The van der Waals surface area contributed by atoms with Crippen molar-refractivity contribution >= 4 is 5.82 Å². The standard InChI is InChI=1S/C12H19N3O4/c1-18-9(8-16)7-12(4-2-6-19-12)15-5-3-10(13)14-11(15)17/h3,5,9,16H,2,4,6-8H2,1H3,(H2,13,14,17)/t9?,12-/m1/s1. The lowest BCUT2D eigenvalue weighted by Gasteiger charge is -2.32. The minimum atomic E-state index is -0.804. The largest absolute Gasteiger partial charge is 0.394 e. The Hall–Kier alpha value is -1.44. The Morgan fingerprint density at radius 1 is 1.74 bits per heavy atom. The number of ether oxygens (including phenoxy) is 2. The van der Waals surface area contributed by atoms with Crippen molar-refractivity contribution in [3.63, 3.8) is 0 Å². The van der Waals surface area contributed by atoms with Gasteiger partial charge in [0.2, 0.25) is 0 Å². The van der Waals surface area contributed by atoms with Gasteiger partial charge in [0, 0.05) is 26.3 Å². The van der Waals surface area contributed by atoms with Crippen LogP contribution in [-0.4, -0.2) is 41.1 Å². The Morgan fingerprint density at radius 3 is 3.05 bits per heavy atom. The molecule has 0 amide bonds. The van der Waals surface area contributed by atoms with Crippen LogP contribution in [0.25, 0.3) is 0 Å². The minimum absolute atomic E-state index is 0.126. The highest BCUT2D eigenvalue weighted by atomic mass is 16.5. The summed E-state index contributed by atoms with van der Waals surface area (Å²) in [6, 6.07) is 1.56. The molecule has 7 nitrogen and oxygen atoms in total. The summed E-state index contributed by atoms with van der Waals surface area (Å²) in [5.74, 6) is 0.180. The van der Waals surface area contributed by atoms with Crippen LogP contribution in [0.5, 0.6) is 0 Å². The second kappa shape index (κ2) is 5.68. The summed E-state index contributed by atoms with van der Waals surface area (Å²) in [6.07, 6.45) is 3.12. The van der Waals surface area contributed by atoms with Gasteiger partial charge in [0.15, 0.2) is 5.72 Å². The van der Waals surface area contributed by atoms with E-state index in [2.05, 4.69) is 4.98 Å². The molecule has 1 aromatic heterocycles. The van der Waals surface area contributed by atoms with Gasteiger partial charge in [-0.3, -0.25) is 4.57 Å². The Morgan fingerprint density at radius 2 is 2.53 bits per heavy atom. The van der Waals surface area contributed by atoms with E-state index in [1.54, 1.807) is 12.3 Å². The number of methoxy groups -OCH3 is 1. The highest BCUT2D eigenvalue weighted by molar-refractivity contribution is 5.23. The van der Waals surface area contributed by atoms with Gasteiger partial charge in [0.1, 0.15) is 5.82 Å². The molecule has 1 aliphatic heterocycles. The number of aliphatic hydroxyl groups is 1. The van der Waals surface area contributed by atoms with Gasteiger partial charge in [-0.15, -0.1) is 0 Å². The number of nitrogens with zero attached hydrogens (tertiary/aromatic N) is 2. The van der Waals surface area contributed by atoms with E-state index in [0.29, 0.717) is 19.4 Å². The third kappa shape index (κ3) is 2.78. The summed E-state index contributed by atoms with van der Waals surface area (Å²) in [5, 5.41) is 9.26. The smallest absolute Gasteiger partial charge is 0.351 e. The lowest BCUT2D eigenvalue weighted by Crippen LogP contribution is -2.44. The van der Waals surface area contributed by atoms with Gasteiger partial charge in [0.05, 0.1) is 12.7 Å². The lowest BCUT2D eigenvalue weighted by atomic mass is 10.0. The molecule has 2 heterocycles. The zero-order chi connectivity index (χ0) is 13.9. The van der Waals surface area contributed by atoms with Crippen molar-refractivity contribution in [2.24, 2.45) is 0 Å². The van der Waals surface area contributed by atoms with Crippen LogP contribution in [0.3, 0.4) is 0 Å². The van der Waals surface area contributed by atoms with Crippen LogP contribution in [0.2, 0.25) is 0 Å². The number of hydrogen-bond donors (Lipinski definition) is 2. The molecule has 0 saturated carbocycles. The van der Waals surface area contributed by atoms with Crippen molar-refractivity contribution in [2.75, 3.05) is 26.1 Å². The maximum absolute atomic E-state index is 12.0. The predicted octanol–water partition coefficient (Wildman–Crippen LogP) is -0.314. The zero-order valence-corrected chi connectivity index (χ0v) is 10.9. The molecule has 0 radical (unpaired) electrons. The fraction of sp³-hybridized carbons (Fsp3) is 0.667. The number of nitrogens with two attached hydrogens (primary N) is 1. The SMILES string of the molecule is COC(CO)C[C@@]1(n2ccc(N)nc2=O)CCCO1. The highest BCUT2D eigenvalue weighted by Crippen LogP contribution is 2.34. The van der Waals surface area contributed by atoms with E-state index in [0.717, 1.165) is 6.42 Å². The third-order valence-corrected chi connectivity index (χ3v) is 3.43. The first-order chi connectivity index (χ1) is 9.11. The van der Waals surface area contributed by atoms with E-state index in [4.69, 9.17) is 15.2 Å². The highest BCUT2D eigenvalue weighted by Gasteiger charge is 2.40. The molecule has 1 saturated heterocycles. The number of nitrogen functional groups attached to an aromatic ring is 1. The van der Waals surface area contributed by atoms with Crippen LogP contribution in [0, 0.1) is 0 Å². The summed E-state index contributed by atoms with van der Waals surface area (Å²) in [7, 11) is 1.52. The molecule has 19 heavy (non-hydrogen) atoms. The van der Waals surface area contributed by atoms with Crippen LogP contribution in [0.1, 0.15) is 19.3 Å². The first-order valence-corrected chi connectivity index (χ1v) is 6.24. The predicted molar refractivity (Wildman–Crippen MR) is 68.6 cm³/mol. The van der Waals surface area contributed by atoms with E-state index >= 15 is 0 Å². The molecule has 2 rings (SSSR count). The fourth-order valence-corrected chi connectivity index (χ4v) is 2.44. The molecular formula is C12H19N3O4. The summed E-state index contributed by atoms with van der Waals surface area (Å²) < 4.78 is 12.4. The van der Waals surface area contributed by atoms with Gasteiger partial charge >= 0.3 is 5.69 Å². The Kier molecular flexibility index (Phi) is 4.18. The molecule has 1 aromatic rings. The Balaban J connectivity index is 2.36. The van der Waals surface area contributed by atoms with Crippen molar-refractivity contribution in [2.45, 2.75) is 31.1 Å². The van der Waals surface area contributed by atoms with Gasteiger partial charge in [-0.2, -0.15) is 4.98 Å². The summed E-state index contributed by atoms with van der Waals surface area (Å²) in [6.45, 7) is 0.442. The number of hydrogen-bond acceptors (Lipinski definition) is 6. The van der Waals surface area contributed by atoms with Gasteiger partial charge in [0.25, 0.3) is 0 Å². The van der Waals surface area contributed by atoms with Crippen molar-refractivity contribution in [3.8, 4) is 0 Å². The quantitative estimate of drug-likeness (QED) is 0.760. The van der Waals surface area contributed by atoms with E-state index in [9.17, 15) is 9.90 Å². The van der Waals surface area contributed by atoms with Crippen LogP contribution >= 0.6 is 0 Å². The molecule has 0 spiro atoms. The molecule has 1 aliphatic rings. The average Bonchev–Trinajstić information content (AvgIpc) is 2.85. The van der Waals surface area contributed by atoms with Crippen molar-refractivity contribution < 1.29 is 14.6 Å². The van der Waals surface area contributed by atoms with Crippen molar-refractivity contribution in [3.05, 3.63) is 22.7 Å². The lowest BCUT2D eigenvalue weighted by molar-refractivity contribution is -0.109. The molecule has 3 N–H and O–H groups in total. The molecule has 106 valence electrons. The van der Waals surface area contributed by atoms with E-state index in [1.165, 1.54) is 11.7 Å². The van der Waals surface area contributed by atoms with E-state index in [-0.39, 0.29) is 18.5 Å². The van der Waals surface area contributed by atoms with Gasteiger partial charge in [-0.25, -0.2) is 4.79 Å². The molecule has 7 heteroatoms. The van der Waals surface area contributed by atoms with Crippen LogP contribution in [-0.2, 0) is 15.2 Å². The molecule has 0 aromatic carbocycles. The molecule has 2 atom stereocenters. The topological polar surface area (TPSA) is 99.6 Å². The Labute approximate surface area is 111 Å². The zero-order valence-electron chi connectivity index (χ0n) is 10.9. The summed E-state index contributed by atoms with van der Waals surface area (Å²) in [4.78, 5) is 15.7. The maximum atomic E-state index is 12.0. The summed E-state index contributed by atoms with van der Waals surface area (Å²) >= 11 is 0. The van der Waals surface area contributed by atoms with Crippen LogP contribution in [0.15, 0.2) is 17.1 Å². The number of rotatable bonds is 5. The molecular weight excluding hydrogens is 250 g/mol. The van der Waals surface area contributed by atoms with E-state index < -0.39 is 11.4 Å². The molecule has 1 fully saturated rings. The number of anilines is 1. The van der Waals surface area contributed by atoms with Gasteiger partial charge < -0.3 is 20.3 Å². The normalized spacial score (nSPS) is 24.5. The minimum Gasteiger partial charge on any atom is -0.394 e. The van der Waals surface area contributed by atoms with Crippen molar-refractivity contribution in [1.29, 1.82) is 0 Å². The first kappa shape index (κ1) is 14.0. The molecule has 0 bridgehead atoms. The monoisotopic (exact) mass is 269 g/mol. The Bertz CT molecular complexity index is 478. The fourth-order valence-electron chi connectivity index (χ4n) is 2.44. The van der Waals surface area contributed by atoms with Crippen molar-refractivity contribution in [1.82, 2.24) is 9.55 Å². The maximum Gasteiger partial charge on any atom is 0.351 e. The average molecular weight is 269 g/mol.